The number of fused-ring (bicyclic) bond motifs is 1. The summed E-state index contributed by atoms with van der Waals surface area (Å²) in [5.41, 5.74) is 8.80. The molecule has 0 atom stereocenters. The van der Waals surface area contributed by atoms with Crippen LogP contribution in [0.3, 0.4) is 0 Å². The SMILES string of the molecule is Nc1c(Nc2cc[c]cc2)ccc2cnccc12. The highest BCUT2D eigenvalue weighted by Crippen LogP contribution is 2.30. The van der Waals surface area contributed by atoms with Gasteiger partial charge in [0.15, 0.2) is 0 Å². The molecule has 1 radical (unpaired) electrons. The van der Waals surface area contributed by atoms with Gasteiger partial charge >= 0.3 is 0 Å². The lowest BCUT2D eigenvalue weighted by atomic mass is 10.1. The van der Waals surface area contributed by atoms with Gasteiger partial charge in [-0.3, -0.25) is 4.98 Å². The van der Waals surface area contributed by atoms with Crippen molar-refractivity contribution < 1.29 is 0 Å². The molecule has 3 aromatic rings. The molecule has 87 valence electrons. The van der Waals surface area contributed by atoms with Gasteiger partial charge in [0.1, 0.15) is 0 Å². The van der Waals surface area contributed by atoms with E-state index in [9.17, 15) is 0 Å². The molecule has 1 aromatic heterocycles. The van der Waals surface area contributed by atoms with Crippen molar-refractivity contribution in [3.05, 3.63) is 60.9 Å². The maximum atomic E-state index is 6.17. The Labute approximate surface area is 105 Å². The van der Waals surface area contributed by atoms with Gasteiger partial charge in [-0.05, 0) is 30.3 Å². The average Bonchev–Trinajstić information content (AvgIpc) is 2.43. The Hall–Kier alpha value is -2.55. The number of hydrogen-bond donors (Lipinski definition) is 2. The first kappa shape index (κ1) is 10.6. The zero-order valence-corrected chi connectivity index (χ0v) is 9.72. The molecule has 3 rings (SSSR count). The van der Waals surface area contributed by atoms with Crippen LogP contribution in [0, 0.1) is 6.07 Å². The van der Waals surface area contributed by atoms with E-state index in [4.69, 9.17) is 5.73 Å². The van der Waals surface area contributed by atoms with Gasteiger partial charge in [-0.15, -0.1) is 0 Å². The van der Waals surface area contributed by atoms with Crippen LogP contribution in [0.25, 0.3) is 10.8 Å². The third-order valence-corrected chi connectivity index (χ3v) is 2.86. The minimum atomic E-state index is 0.739. The second-order valence-corrected chi connectivity index (χ2v) is 4.04. The van der Waals surface area contributed by atoms with Crippen LogP contribution in [-0.4, -0.2) is 4.98 Å². The Balaban J connectivity index is 2.05. The number of aromatic nitrogens is 1. The lowest BCUT2D eigenvalue weighted by Crippen LogP contribution is -1.97. The fourth-order valence-corrected chi connectivity index (χ4v) is 1.93. The molecule has 0 saturated carbocycles. The van der Waals surface area contributed by atoms with Crippen LogP contribution in [0.15, 0.2) is 54.9 Å². The molecule has 18 heavy (non-hydrogen) atoms. The van der Waals surface area contributed by atoms with E-state index in [0.29, 0.717) is 0 Å². The van der Waals surface area contributed by atoms with E-state index in [1.807, 2.05) is 48.7 Å². The topological polar surface area (TPSA) is 50.9 Å². The highest BCUT2D eigenvalue weighted by molar-refractivity contribution is 5.99. The van der Waals surface area contributed by atoms with Gasteiger partial charge in [-0.2, -0.15) is 0 Å². The molecule has 0 amide bonds. The molecular formula is C15H12N3. The normalized spacial score (nSPS) is 10.4. The second-order valence-electron chi connectivity index (χ2n) is 4.04. The van der Waals surface area contributed by atoms with E-state index >= 15 is 0 Å². The summed E-state index contributed by atoms with van der Waals surface area (Å²) in [4.78, 5) is 4.09. The molecule has 0 aliphatic heterocycles. The summed E-state index contributed by atoms with van der Waals surface area (Å²) < 4.78 is 0. The van der Waals surface area contributed by atoms with Gasteiger partial charge in [0.2, 0.25) is 0 Å². The van der Waals surface area contributed by atoms with Gasteiger partial charge < -0.3 is 11.1 Å². The van der Waals surface area contributed by atoms with Crippen molar-refractivity contribution in [2.24, 2.45) is 0 Å². The minimum Gasteiger partial charge on any atom is -0.397 e. The molecular weight excluding hydrogens is 222 g/mol. The number of nitrogens with zero attached hydrogens (tertiary/aromatic N) is 1. The number of nitrogens with two attached hydrogens (primary N) is 1. The van der Waals surface area contributed by atoms with Crippen molar-refractivity contribution in [2.45, 2.75) is 0 Å². The first-order valence-electron chi connectivity index (χ1n) is 5.70. The van der Waals surface area contributed by atoms with Crippen LogP contribution in [0.5, 0.6) is 0 Å². The fraction of sp³-hybridized carbons (Fsp3) is 0. The monoisotopic (exact) mass is 234 g/mol. The number of rotatable bonds is 2. The minimum absolute atomic E-state index is 0.739. The van der Waals surface area contributed by atoms with Crippen molar-refractivity contribution in [1.29, 1.82) is 0 Å². The van der Waals surface area contributed by atoms with Crippen LogP contribution in [-0.2, 0) is 0 Å². The summed E-state index contributed by atoms with van der Waals surface area (Å²) in [5, 5.41) is 5.35. The molecule has 0 fully saturated rings. The molecule has 0 aliphatic carbocycles. The van der Waals surface area contributed by atoms with Gasteiger partial charge in [0.25, 0.3) is 0 Å². The molecule has 3 heteroatoms. The average molecular weight is 234 g/mol. The predicted octanol–water partition coefficient (Wildman–Crippen LogP) is 3.36. The molecule has 0 unspecified atom stereocenters. The zero-order chi connectivity index (χ0) is 12.4. The van der Waals surface area contributed by atoms with Crippen LogP contribution in [0.1, 0.15) is 0 Å². The van der Waals surface area contributed by atoms with Crippen molar-refractivity contribution in [2.75, 3.05) is 11.1 Å². The van der Waals surface area contributed by atoms with Crippen LogP contribution in [0.4, 0.5) is 17.1 Å². The van der Waals surface area contributed by atoms with E-state index in [1.54, 1.807) is 6.20 Å². The maximum Gasteiger partial charge on any atom is 0.0634 e. The lowest BCUT2D eigenvalue weighted by molar-refractivity contribution is 1.36. The maximum absolute atomic E-state index is 6.17. The molecule has 2 aromatic carbocycles. The highest BCUT2D eigenvalue weighted by atomic mass is 14.9. The summed E-state index contributed by atoms with van der Waals surface area (Å²) in [6.07, 6.45) is 3.56. The zero-order valence-electron chi connectivity index (χ0n) is 9.72. The summed E-state index contributed by atoms with van der Waals surface area (Å²) in [5.74, 6) is 0. The first-order chi connectivity index (χ1) is 8.84. The molecule has 0 aliphatic rings. The second kappa shape index (κ2) is 4.37. The molecule has 0 bridgehead atoms. The smallest absolute Gasteiger partial charge is 0.0634 e. The van der Waals surface area contributed by atoms with Crippen molar-refractivity contribution in [3.8, 4) is 0 Å². The van der Waals surface area contributed by atoms with Crippen molar-refractivity contribution in [1.82, 2.24) is 4.98 Å². The largest absolute Gasteiger partial charge is 0.397 e. The number of benzene rings is 2. The number of pyridine rings is 1. The fourth-order valence-electron chi connectivity index (χ4n) is 1.93. The van der Waals surface area contributed by atoms with E-state index < -0.39 is 0 Å². The number of nitrogen functional groups attached to an aromatic ring is 1. The Bertz CT molecular complexity index is 678. The Morgan fingerprint density at radius 1 is 1.06 bits per heavy atom. The molecule has 0 saturated heterocycles. The lowest BCUT2D eigenvalue weighted by Gasteiger charge is -2.11. The molecule has 3 nitrogen and oxygen atoms in total. The summed E-state index contributed by atoms with van der Waals surface area (Å²) >= 11 is 0. The predicted molar refractivity (Wildman–Crippen MR) is 74.7 cm³/mol. The standard InChI is InChI=1S/C15H12N3/c16-15-13-8-9-17-10-11(13)6-7-14(15)18-12-4-2-1-3-5-12/h2-10,18H,16H2. The summed E-state index contributed by atoms with van der Waals surface area (Å²) in [7, 11) is 0. The molecule has 3 N–H and O–H groups in total. The Morgan fingerprint density at radius 3 is 2.72 bits per heavy atom. The highest BCUT2D eigenvalue weighted by Gasteiger charge is 2.04. The Kier molecular flexibility index (Phi) is 2.57. The van der Waals surface area contributed by atoms with Gasteiger partial charge in [-0.1, -0.05) is 18.2 Å². The number of hydrogen-bond acceptors (Lipinski definition) is 3. The van der Waals surface area contributed by atoms with E-state index in [1.165, 1.54) is 0 Å². The number of nitrogens with one attached hydrogen (secondary N) is 1. The van der Waals surface area contributed by atoms with E-state index in [-0.39, 0.29) is 0 Å². The van der Waals surface area contributed by atoms with Crippen LogP contribution >= 0.6 is 0 Å². The summed E-state index contributed by atoms with van der Waals surface area (Å²) in [6.45, 7) is 0. The van der Waals surface area contributed by atoms with Crippen LogP contribution in [0.2, 0.25) is 0 Å². The van der Waals surface area contributed by atoms with Crippen molar-refractivity contribution in [3.63, 3.8) is 0 Å². The van der Waals surface area contributed by atoms with Gasteiger partial charge in [0, 0.05) is 28.9 Å². The van der Waals surface area contributed by atoms with E-state index in [2.05, 4.69) is 16.4 Å². The third-order valence-electron chi connectivity index (χ3n) is 2.86. The molecule has 0 spiro atoms. The Morgan fingerprint density at radius 2 is 1.89 bits per heavy atom. The first-order valence-corrected chi connectivity index (χ1v) is 5.70. The van der Waals surface area contributed by atoms with Crippen LogP contribution < -0.4 is 11.1 Å². The molecule has 1 heterocycles. The van der Waals surface area contributed by atoms with E-state index in [0.717, 1.165) is 27.8 Å². The third kappa shape index (κ3) is 1.86. The van der Waals surface area contributed by atoms with Crippen molar-refractivity contribution >= 4 is 27.8 Å². The number of anilines is 3. The quantitative estimate of drug-likeness (QED) is 0.668. The summed E-state index contributed by atoms with van der Waals surface area (Å²) in [6, 6.07) is 16.5. The van der Waals surface area contributed by atoms with Gasteiger partial charge in [-0.25, -0.2) is 0 Å². The van der Waals surface area contributed by atoms with Gasteiger partial charge in [0.05, 0.1) is 11.4 Å².